The minimum Gasteiger partial charge on any atom is -0.491 e. The van der Waals surface area contributed by atoms with Gasteiger partial charge in [-0.1, -0.05) is 24.6 Å². The van der Waals surface area contributed by atoms with E-state index in [9.17, 15) is 4.79 Å². The quantitative estimate of drug-likeness (QED) is 0.846. The van der Waals surface area contributed by atoms with E-state index in [1.54, 1.807) is 0 Å². The van der Waals surface area contributed by atoms with Crippen molar-refractivity contribution in [3.63, 3.8) is 0 Å². The van der Waals surface area contributed by atoms with Crippen molar-refractivity contribution < 1.29 is 9.53 Å². The number of para-hydroxylation sites is 1. The van der Waals surface area contributed by atoms with E-state index in [1.807, 2.05) is 38.1 Å². The molecule has 2 atom stereocenters. The molecule has 1 amide bonds. The van der Waals surface area contributed by atoms with Crippen molar-refractivity contribution >= 4 is 5.91 Å². The Bertz CT molecular complexity index is 474. The van der Waals surface area contributed by atoms with Gasteiger partial charge in [0.2, 0.25) is 5.91 Å². The van der Waals surface area contributed by atoms with Gasteiger partial charge in [-0.05, 0) is 38.7 Å². The number of nitrogens with two attached hydrogens (primary N) is 1. The van der Waals surface area contributed by atoms with Crippen molar-refractivity contribution in [1.82, 2.24) is 5.32 Å². The lowest BCUT2D eigenvalue weighted by molar-refractivity contribution is -0.122. The molecule has 0 aromatic heterocycles. The molecule has 0 bridgehead atoms. The van der Waals surface area contributed by atoms with Crippen LogP contribution in [0, 0.1) is 5.92 Å². The highest BCUT2D eigenvalue weighted by molar-refractivity contribution is 5.76. The standard InChI is InChI=1S/C17H26N2O2/c1-12(2)21-16-9-4-3-6-14(16)11-19-17(20)10-13-7-5-8-15(13)18/h3-4,6,9,12-13,15H,5,7-8,10-11,18H2,1-2H3,(H,19,20)/t13-,15+/m0/s1. The van der Waals surface area contributed by atoms with Crippen LogP contribution in [0.2, 0.25) is 0 Å². The van der Waals surface area contributed by atoms with Crippen LogP contribution in [-0.4, -0.2) is 18.1 Å². The highest BCUT2D eigenvalue weighted by Gasteiger charge is 2.25. The van der Waals surface area contributed by atoms with E-state index in [0.29, 0.717) is 18.9 Å². The van der Waals surface area contributed by atoms with Crippen LogP contribution in [-0.2, 0) is 11.3 Å². The van der Waals surface area contributed by atoms with Gasteiger partial charge in [0, 0.05) is 24.6 Å². The molecule has 1 fully saturated rings. The zero-order valence-electron chi connectivity index (χ0n) is 13.0. The summed E-state index contributed by atoms with van der Waals surface area (Å²) in [6.45, 7) is 4.50. The molecule has 0 heterocycles. The molecule has 21 heavy (non-hydrogen) atoms. The molecule has 3 N–H and O–H groups in total. The number of hydrogen-bond donors (Lipinski definition) is 2. The van der Waals surface area contributed by atoms with E-state index in [-0.39, 0.29) is 18.1 Å². The van der Waals surface area contributed by atoms with Gasteiger partial charge in [-0.3, -0.25) is 4.79 Å². The second kappa shape index (κ2) is 7.46. The van der Waals surface area contributed by atoms with Gasteiger partial charge in [-0.2, -0.15) is 0 Å². The number of hydrogen-bond acceptors (Lipinski definition) is 3. The lowest BCUT2D eigenvalue weighted by Crippen LogP contribution is -2.31. The molecular formula is C17H26N2O2. The number of carbonyl (C=O) groups is 1. The molecule has 1 saturated carbocycles. The molecule has 1 aliphatic carbocycles. The monoisotopic (exact) mass is 290 g/mol. The van der Waals surface area contributed by atoms with E-state index in [4.69, 9.17) is 10.5 Å². The Morgan fingerprint density at radius 2 is 2.14 bits per heavy atom. The number of carbonyl (C=O) groups excluding carboxylic acids is 1. The summed E-state index contributed by atoms with van der Waals surface area (Å²) in [5.41, 5.74) is 7.02. The summed E-state index contributed by atoms with van der Waals surface area (Å²) >= 11 is 0. The first-order valence-electron chi connectivity index (χ1n) is 7.83. The Hall–Kier alpha value is -1.55. The SMILES string of the molecule is CC(C)Oc1ccccc1CNC(=O)C[C@@H]1CCC[C@H]1N. The van der Waals surface area contributed by atoms with Gasteiger partial charge in [-0.25, -0.2) is 0 Å². The molecule has 1 aromatic rings. The van der Waals surface area contributed by atoms with Gasteiger partial charge < -0.3 is 15.8 Å². The maximum atomic E-state index is 12.0. The van der Waals surface area contributed by atoms with E-state index in [2.05, 4.69) is 5.32 Å². The van der Waals surface area contributed by atoms with Crippen LogP contribution in [0.1, 0.15) is 45.1 Å². The summed E-state index contributed by atoms with van der Waals surface area (Å²) in [5, 5.41) is 2.99. The molecule has 1 aliphatic rings. The second-order valence-electron chi connectivity index (χ2n) is 6.11. The molecule has 4 nitrogen and oxygen atoms in total. The van der Waals surface area contributed by atoms with Gasteiger partial charge in [0.05, 0.1) is 6.10 Å². The lowest BCUT2D eigenvalue weighted by atomic mass is 10.00. The van der Waals surface area contributed by atoms with Crippen LogP contribution in [0.3, 0.4) is 0 Å². The fourth-order valence-corrected chi connectivity index (χ4v) is 2.84. The van der Waals surface area contributed by atoms with Crippen LogP contribution in [0.15, 0.2) is 24.3 Å². The van der Waals surface area contributed by atoms with E-state index in [0.717, 1.165) is 30.6 Å². The Balaban J connectivity index is 1.86. The molecule has 0 saturated heterocycles. The Kier molecular flexibility index (Phi) is 5.62. The fraction of sp³-hybridized carbons (Fsp3) is 0.588. The predicted molar refractivity (Wildman–Crippen MR) is 84.0 cm³/mol. The minimum atomic E-state index is 0.0803. The summed E-state index contributed by atoms with van der Waals surface area (Å²) in [5.74, 6) is 1.26. The normalized spacial score (nSPS) is 21.5. The average molecular weight is 290 g/mol. The highest BCUT2D eigenvalue weighted by Crippen LogP contribution is 2.26. The van der Waals surface area contributed by atoms with Crippen molar-refractivity contribution in [2.75, 3.05) is 0 Å². The first-order valence-corrected chi connectivity index (χ1v) is 7.83. The van der Waals surface area contributed by atoms with Gasteiger partial charge in [-0.15, -0.1) is 0 Å². The molecule has 0 aliphatic heterocycles. The fourth-order valence-electron chi connectivity index (χ4n) is 2.84. The number of benzene rings is 1. The number of rotatable bonds is 6. The second-order valence-corrected chi connectivity index (χ2v) is 6.11. The predicted octanol–water partition coefficient (Wildman–Crippen LogP) is 2.61. The third-order valence-corrected chi connectivity index (χ3v) is 3.98. The Morgan fingerprint density at radius 1 is 1.38 bits per heavy atom. The van der Waals surface area contributed by atoms with Gasteiger partial charge >= 0.3 is 0 Å². The van der Waals surface area contributed by atoms with Crippen LogP contribution in [0.5, 0.6) is 5.75 Å². The first-order chi connectivity index (χ1) is 10.1. The zero-order chi connectivity index (χ0) is 15.2. The Morgan fingerprint density at radius 3 is 2.81 bits per heavy atom. The van der Waals surface area contributed by atoms with Crippen molar-refractivity contribution in [2.45, 2.75) is 58.2 Å². The Labute approximate surface area is 127 Å². The molecular weight excluding hydrogens is 264 g/mol. The molecule has 116 valence electrons. The van der Waals surface area contributed by atoms with Gasteiger partial charge in [0.1, 0.15) is 5.75 Å². The van der Waals surface area contributed by atoms with Crippen LogP contribution >= 0.6 is 0 Å². The van der Waals surface area contributed by atoms with Crippen molar-refractivity contribution in [1.29, 1.82) is 0 Å². The molecule has 1 aromatic carbocycles. The summed E-state index contributed by atoms with van der Waals surface area (Å²) in [6.07, 6.45) is 3.92. The van der Waals surface area contributed by atoms with E-state index >= 15 is 0 Å². The molecule has 2 rings (SSSR count). The van der Waals surface area contributed by atoms with E-state index in [1.165, 1.54) is 0 Å². The lowest BCUT2D eigenvalue weighted by Gasteiger charge is -2.16. The van der Waals surface area contributed by atoms with E-state index < -0.39 is 0 Å². The molecule has 4 heteroatoms. The first kappa shape index (κ1) is 15.8. The van der Waals surface area contributed by atoms with Crippen LogP contribution in [0.25, 0.3) is 0 Å². The van der Waals surface area contributed by atoms with Crippen LogP contribution < -0.4 is 15.8 Å². The molecule has 0 radical (unpaired) electrons. The van der Waals surface area contributed by atoms with Crippen molar-refractivity contribution in [3.8, 4) is 5.75 Å². The topological polar surface area (TPSA) is 64.3 Å². The molecule has 0 spiro atoms. The van der Waals surface area contributed by atoms with Crippen molar-refractivity contribution in [3.05, 3.63) is 29.8 Å². The summed E-state index contributed by atoms with van der Waals surface area (Å²) in [7, 11) is 0. The van der Waals surface area contributed by atoms with Gasteiger partial charge in [0.15, 0.2) is 0 Å². The maximum absolute atomic E-state index is 12.0. The number of amides is 1. The summed E-state index contributed by atoms with van der Waals surface area (Å²) < 4.78 is 5.76. The number of ether oxygens (including phenoxy) is 1. The maximum Gasteiger partial charge on any atom is 0.220 e. The largest absolute Gasteiger partial charge is 0.491 e. The zero-order valence-corrected chi connectivity index (χ0v) is 13.0. The highest BCUT2D eigenvalue weighted by atomic mass is 16.5. The molecule has 0 unspecified atom stereocenters. The average Bonchev–Trinajstić information content (AvgIpc) is 2.83. The van der Waals surface area contributed by atoms with Crippen molar-refractivity contribution in [2.24, 2.45) is 11.7 Å². The minimum absolute atomic E-state index is 0.0803. The third kappa shape index (κ3) is 4.74. The smallest absolute Gasteiger partial charge is 0.220 e. The third-order valence-electron chi connectivity index (χ3n) is 3.98. The summed E-state index contributed by atoms with van der Waals surface area (Å²) in [6, 6.07) is 8.02. The van der Waals surface area contributed by atoms with Gasteiger partial charge in [0.25, 0.3) is 0 Å². The summed E-state index contributed by atoms with van der Waals surface area (Å²) in [4.78, 5) is 12.0. The number of nitrogens with one attached hydrogen (secondary N) is 1. The van der Waals surface area contributed by atoms with Crippen LogP contribution in [0.4, 0.5) is 0 Å².